The number of aliphatic hydroxyl groups is 1. The molecule has 0 radical (unpaired) electrons. The molecule has 0 amide bonds. The molecule has 2 aromatic heterocycles. The summed E-state index contributed by atoms with van der Waals surface area (Å²) in [4.78, 5) is 8.52. The van der Waals surface area contributed by atoms with E-state index in [0.717, 1.165) is 12.4 Å². The lowest BCUT2D eigenvalue weighted by molar-refractivity contribution is 0.230. The SMILES string of the molecule is CCNc1cn2ccnc2c(OCCCO)n1. The first-order valence-electron chi connectivity index (χ1n) is 5.66. The second kappa shape index (κ2) is 5.49. The molecule has 0 bridgehead atoms. The standard InChI is InChI=1S/C11H16N4O2/c1-2-12-9-8-15-5-4-13-10(15)11(14-9)17-7-3-6-16/h4-5,8,12,16H,2-3,6-7H2,1H3. The van der Waals surface area contributed by atoms with E-state index >= 15 is 0 Å². The fourth-order valence-corrected chi connectivity index (χ4v) is 1.50. The number of hydrogen-bond donors (Lipinski definition) is 2. The molecular formula is C11H16N4O2. The van der Waals surface area contributed by atoms with E-state index in [9.17, 15) is 0 Å². The minimum atomic E-state index is 0.109. The quantitative estimate of drug-likeness (QED) is 0.730. The van der Waals surface area contributed by atoms with Crippen LogP contribution in [0.4, 0.5) is 5.82 Å². The highest BCUT2D eigenvalue weighted by molar-refractivity contribution is 5.53. The minimum absolute atomic E-state index is 0.109. The smallest absolute Gasteiger partial charge is 0.260 e. The molecule has 2 N–H and O–H groups in total. The summed E-state index contributed by atoms with van der Waals surface area (Å²) in [5, 5.41) is 11.9. The Balaban J connectivity index is 2.26. The van der Waals surface area contributed by atoms with Crippen LogP contribution in [0.5, 0.6) is 5.88 Å². The summed E-state index contributed by atoms with van der Waals surface area (Å²) >= 11 is 0. The first kappa shape index (κ1) is 11.7. The maximum absolute atomic E-state index is 8.72. The van der Waals surface area contributed by atoms with Gasteiger partial charge in [-0.15, -0.1) is 0 Å². The van der Waals surface area contributed by atoms with Gasteiger partial charge in [0.05, 0.1) is 12.8 Å². The van der Waals surface area contributed by atoms with E-state index in [1.165, 1.54) is 0 Å². The average molecular weight is 236 g/mol. The maximum atomic E-state index is 8.72. The van der Waals surface area contributed by atoms with Crippen LogP contribution in [0.25, 0.3) is 5.65 Å². The molecule has 0 spiro atoms. The van der Waals surface area contributed by atoms with E-state index in [1.54, 1.807) is 6.20 Å². The third kappa shape index (κ3) is 2.65. The zero-order chi connectivity index (χ0) is 12.1. The molecule has 0 fully saturated rings. The lowest BCUT2D eigenvalue weighted by atomic mass is 10.5. The molecule has 0 atom stereocenters. The second-order valence-electron chi connectivity index (χ2n) is 3.55. The lowest BCUT2D eigenvalue weighted by Gasteiger charge is -2.09. The molecule has 2 heterocycles. The number of aliphatic hydroxyl groups excluding tert-OH is 1. The molecular weight excluding hydrogens is 220 g/mol. The molecule has 2 rings (SSSR count). The molecule has 0 saturated carbocycles. The number of aromatic nitrogens is 3. The normalized spacial score (nSPS) is 10.7. The molecule has 0 aliphatic heterocycles. The van der Waals surface area contributed by atoms with Crippen molar-refractivity contribution in [2.75, 3.05) is 25.1 Å². The number of fused-ring (bicyclic) bond motifs is 1. The van der Waals surface area contributed by atoms with Gasteiger partial charge in [0.25, 0.3) is 5.88 Å². The topological polar surface area (TPSA) is 71.7 Å². The number of nitrogens with zero attached hydrogens (tertiary/aromatic N) is 3. The summed E-state index contributed by atoms with van der Waals surface area (Å²) in [5.74, 6) is 1.24. The molecule has 0 aromatic carbocycles. The van der Waals surface area contributed by atoms with E-state index in [-0.39, 0.29) is 6.61 Å². The van der Waals surface area contributed by atoms with E-state index in [2.05, 4.69) is 15.3 Å². The van der Waals surface area contributed by atoms with Crippen molar-refractivity contribution in [3.8, 4) is 5.88 Å². The molecule has 92 valence electrons. The monoisotopic (exact) mass is 236 g/mol. The number of rotatable bonds is 6. The molecule has 0 aliphatic carbocycles. The van der Waals surface area contributed by atoms with Gasteiger partial charge in [-0.25, -0.2) is 4.98 Å². The fourth-order valence-electron chi connectivity index (χ4n) is 1.50. The summed E-state index contributed by atoms with van der Waals surface area (Å²) < 4.78 is 7.37. The van der Waals surface area contributed by atoms with Crippen LogP contribution in [0, 0.1) is 0 Å². The van der Waals surface area contributed by atoms with Crippen molar-refractivity contribution in [3.05, 3.63) is 18.6 Å². The summed E-state index contributed by atoms with van der Waals surface area (Å²) in [7, 11) is 0. The molecule has 0 aliphatic rings. The van der Waals surface area contributed by atoms with Gasteiger partial charge in [-0.3, -0.25) is 4.40 Å². The minimum Gasteiger partial charge on any atom is -0.475 e. The van der Waals surface area contributed by atoms with Crippen LogP contribution in [0.1, 0.15) is 13.3 Å². The van der Waals surface area contributed by atoms with Crippen molar-refractivity contribution in [1.82, 2.24) is 14.4 Å². The summed E-state index contributed by atoms with van der Waals surface area (Å²) in [6, 6.07) is 0. The van der Waals surface area contributed by atoms with Gasteiger partial charge in [0.15, 0.2) is 0 Å². The Bertz CT molecular complexity index is 483. The summed E-state index contributed by atoms with van der Waals surface area (Å²) in [5.41, 5.74) is 0.685. The number of ether oxygens (including phenoxy) is 1. The van der Waals surface area contributed by atoms with Gasteiger partial charge in [0, 0.05) is 32.0 Å². The van der Waals surface area contributed by atoms with Crippen LogP contribution in [0.3, 0.4) is 0 Å². The van der Waals surface area contributed by atoms with Crippen molar-refractivity contribution in [1.29, 1.82) is 0 Å². The highest BCUT2D eigenvalue weighted by Crippen LogP contribution is 2.18. The van der Waals surface area contributed by atoms with Crippen molar-refractivity contribution in [2.24, 2.45) is 0 Å². The van der Waals surface area contributed by atoms with Crippen LogP contribution < -0.4 is 10.1 Å². The summed E-state index contributed by atoms with van der Waals surface area (Å²) in [6.07, 6.45) is 5.99. The largest absolute Gasteiger partial charge is 0.475 e. The highest BCUT2D eigenvalue weighted by Gasteiger charge is 2.08. The Hall–Kier alpha value is -1.82. The van der Waals surface area contributed by atoms with Crippen LogP contribution in [0.2, 0.25) is 0 Å². The lowest BCUT2D eigenvalue weighted by Crippen LogP contribution is -2.06. The Morgan fingerprint density at radius 2 is 2.41 bits per heavy atom. The van der Waals surface area contributed by atoms with Crippen LogP contribution in [-0.2, 0) is 0 Å². The number of anilines is 1. The predicted octanol–water partition coefficient (Wildman–Crippen LogP) is 0.922. The van der Waals surface area contributed by atoms with Gasteiger partial charge < -0.3 is 15.2 Å². The zero-order valence-electron chi connectivity index (χ0n) is 9.76. The van der Waals surface area contributed by atoms with E-state index in [4.69, 9.17) is 9.84 Å². The highest BCUT2D eigenvalue weighted by atomic mass is 16.5. The Labute approximate surface area is 99.3 Å². The van der Waals surface area contributed by atoms with Crippen LogP contribution in [-0.4, -0.2) is 39.2 Å². The van der Waals surface area contributed by atoms with Crippen LogP contribution in [0.15, 0.2) is 18.6 Å². The van der Waals surface area contributed by atoms with E-state index in [1.807, 2.05) is 23.7 Å². The Morgan fingerprint density at radius 1 is 1.53 bits per heavy atom. The van der Waals surface area contributed by atoms with Crippen molar-refractivity contribution in [3.63, 3.8) is 0 Å². The van der Waals surface area contributed by atoms with Gasteiger partial charge in [0.1, 0.15) is 5.82 Å². The first-order valence-corrected chi connectivity index (χ1v) is 5.66. The second-order valence-corrected chi connectivity index (χ2v) is 3.55. The number of nitrogens with one attached hydrogen (secondary N) is 1. The molecule has 2 aromatic rings. The summed E-state index contributed by atoms with van der Waals surface area (Å²) in [6.45, 7) is 3.34. The third-order valence-corrected chi connectivity index (χ3v) is 2.24. The maximum Gasteiger partial charge on any atom is 0.260 e. The third-order valence-electron chi connectivity index (χ3n) is 2.24. The van der Waals surface area contributed by atoms with Crippen molar-refractivity contribution >= 4 is 11.5 Å². The van der Waals surface area contributed by atoms with Crippen molar-refractivity contribution in [2.45, 2.75) is 13.3 Å². The van der Waals surface area contributed by atoms with Crippen molar-refractivity contribution < 1.29 is 9.84 Å². The Kier molecular flexibility index (Phi) is 3.77. The van der Waals surface area contributed by atoms with Gasteiger partial charge >= 0.3 is 0 Å². The molecule has 0 saturated heterocycles. The predicted molar refractivity (Wildman–Crippen MR) is 64.3 cm³/mol. The van der Waals surface area contributed by atoms with E-state index in [0.29, 0.717) is 24.6 Å². The average Bonchev–Trinajstić information content (AvgIpc) is 2.78. The molecule has 17 heavy (non-hydrogen) atoms. The van der Waals surface area contributed by atoms with E-state index < -0.39 is 0 Å². The molecule has 6 heteroatoms. The van der Waals surface area contributed by atoms with Gasteiger partial charge in [0.2, 0.25) is 5.65 Å². The van der Waals surface area contributed by atoms with Gasteiger partial charge in [-0.05, 0) is 6.92 Å². The zero-order valence-corrected chi connectivity index (χ0v) is 9.76. The molecule has 6 nitrogen and oxygen atoms in total. The number of hydrogen-bond acceptors (Lipinski definition) is 5. The van der Waals surface area contributed by atoms with Crippen LogP contribution >= 0.6 is 0 Å². The molecule has 0 unspecified atom stereocenters. The number of imidazole rings is 1. The Morgan fingerprint density at radius 3 is 3.18 bits per heavy atom. The van der Waals surface area contributed by atoms with Gasteiger partial charge in [-0.2, -0.15) is 4.98 Å². The first-order chi connectivity index (χ1) is 8.35. The van der Waals surface area contributed by atoms with Gasteiger partial charge in [-0.1, -0.05) is 0 Å². The fraction of sp³-hybridized carbons (Fsp3) is 0.455.